The fraction of sp³-hybridized carbons (Fsp3) is 1.00. The molecule has 1 heteroatoms. The average Bonchev–Trinajstić information content (AvgIpc) is 2.47. The van der Waals surface area contributed by atoms with Gasteiger partial charge >= 0.3 is 0 Å². The first-order chi connectivity index (χ1) is 9.95. The van der Waals surface area contributed by atoms with Crippen LogP contribution in [0.3, 0.4) is 0 Å². The van der Waals surface area contributed by atoms with Crippen molar-refractivity contribution in [2.24, 2.45) is 0 Å². The van der Waals surface area contributed by atoms with Crippen LogP contribution >= 0.6 is 8.58 Å². The molecule has 0 heterocycles. The molecule has 0 N–H and O–H groups in total. The molecule has 0 saturated heterocycles. The van der Waals surface area contributed by atoms with E-state index in [1.807, 2.05) is 0 Å². The molecule has 1 atom stereocenters. The average molecular weight is 296 g/mol. The lowest BCUT2D eigenvalue weighted by atomic mass is 10.0. The molecule has 118 valence electrons. The van der Waals surface area contributed by atoms with Gasteiger partial charge in [0.15, 0.2) is 0 Å². The maximum absolute atomic E-state index is 1.56. The van der Waals surface area contributed by atoms with Crippen LogP contribution in [0.15, 0.2) is 0 Å². The van der Waals surface area contributed by atoms with Crippen LogP contribution in [0.1, 0.15) is 109 Å². The smallest absolute Gasteiger partial charge is 0.0234 e. The Balaban J connectivity index is 1.73. The molecule has 0 aliphatic heterocycles. The lowest BCUT2D eigenvalue weighted by Gasteiger charge is -2.25. The summed E-state index contributed by atoms with van der Waals surface area (Å²) in [6.07, 6.45) is 26.0. The van der Waals surface area contributed by atoms with Crippen molar-refractivity contribution in [3.63, 3.8) is 0 Å². The number of hydrogen-bond donors (Lipinski definition) is 0. The van der Waals surface area contributed by atoms with Crippen LogP contribution in [0.2, 0.25) is 0 Å². The van der Waals surface area contributed by atoms with Gasteiger partial charge in [0.25, 0.3) is 0 Å². The second-order valence-electron chi connectivity index (χ2n) is 7.31. The molecule has 0 aromatic carbocycles. The summed E-state index contributed by atoms with van der Waals surface area (Å²) in [6, 6.07) is 0. The summed E-state index contributed by atoms with van der Waals surface area (Å²) in [4.78, 5) is 0. The minimum Gasteiger partial charge on any atom is -0.116 e. The van der Waals surface area contributed by atoms with E-state index in [0.29, 0.717) is 0 Å². The van der Waals surface area contributed by atoms with Gasteiger partial charge in [-0.2, -0.15) is 0 Å². The molecule has 2 fully saturated rings. The van der Waals surface area contributed by atoms with Crippen molar-refractivity contribution in [2.75, 3.05) is 0 Å². The van der Waals surface area contributed by atoms with Gasteiger partial charge in [-0.1, -0.05) is 83.5 Å². The van der Waals surface area contributed by atoms with Gasteiger partial charge in [0.2, 0.25) is 0 Å². The molecule has 0 bridgehead atoms. The minimum atomic E-state index is 1.11. The summed E-state index contributed by atoms with van der Waals surface area (Å²) in [5.41, 5.74) is 2.22. The summed E-state index contributed by atoms with van der Waals surface area (Å²) in [7, 11) is 1.31. The third kappa shape index (κ3) is 7.44. The van der Waals surface area contributed by atoms with E-state index in [-0.39, 0.29) is 0 Å². The number of rotatable bonds is 2. The summed E-state index contributed by atoms with van der Waals surface area (Å²) in [5.74, 6) is 0. The first-order valence-corrected chi connectivity index (χ1v) is 10.9. The quantitative estimate of drug-likeness (QED) is 0.478. The highest BCUT2D eigenvalue weighted by atomic mass is 31.1. The number of hydrogen-bond acceptors (Lipinski definition) is 0. The molecule has 0 aromatic heterocycles. The Morgan fingerprint density at radius 3 is 0.900 bits per heavy atom. The molecule has 2 rings (SSSR count). The predicted octanol–water partition coefficient (Wildman–Crippen LogP) is 7.06. The van der Waals surface area contributed by atoms with E-state index in [4.69, 9.17) is 0 Å². The van der Waals surface area contributed by atoms with Crippen molar-refractivity contribution in [1.82, 2.24) is 0 Å². The van der Waals surface area contributed by atoms with Gasteiger partial charge in [0.1, 0.15) is 0 Å². The fourth-order valence-electron chi connectivity index (χ4n) is 4.11. The van der Waals surface area contributed by atoms with Crippen LogP contribution in [0, 0.1) is 0 Å². The topological polar surface area (TPSA) is 0 Å². The first kappa shape index (κ1) is 16.8. The SMILES string of the molecule is C1CCCCCC(PC2CCCCCCC2)CCCC1. The second kappa shape index (κ2) is 11.1. The molecule has 2 aliphatic carbocycles. The van der Waals surface area contributed by atoms with Crippen LogP contribution in [0.4, 0.5) is 0 Å². The molecular weight excluding hydrogens is 259 g/mol. The summed E-state index contributed by atoms with van der Waals surface area (Å²) in [6.45, 7) is 0. The Morgan fingerprint density at radius 1 is 0.350 bits per heavy atom. The lowest BCUT2D eigenvalue weighted by molar-refractivity contribution is 0.506. The Hall–Kier alpha value is 0.430. The Kier molecular flexibility index (Phi) is 9.29. The van der Waals surface area contributed by atoms with Crippen molar-refractivity contribution in [2.45, 2.75) is 120 Å². The zero-order valence-electron chi connectivity index (χ0n) is 13.7. The van der Waals surface area contributed by atoms with Crippen molar-refractivity contribution in [3.8, 4) is 0 Å². The van der Waals surface area contributed by atoms with Gasteiger partial charge in [0.05, 0.1) is 0 Å². The van der Waals surface area contributed by atoms with Crippen LogP contribution in [0.25, 0.3) is 0 Å². The minimum absolute atomic E-state index is 1.11. The van der Waals surface area contributed by atoms with E-state index >= 15 is 0 Å². The van der Waals surface area contributed by atoms with Crippen molar-refractivity contribution in [3.05, 3.63) is 0 Å². The van der Waals surface area contributed by atoms with Gasteiger partial charge in [-0.05, 0) is 37.0 Å². The Bertz CT molecular complexity index is 206. The van der Waals surface area contributed by atoms with E-state index in [2.05, 4.69) is 0 Å². The van der Waals surface area contributed by atoms with Crippen LogP contribution in [-0.4, -0.2) is 11.3 Å². The van der Waals surface area contributed by atoms with E-state index in [9.17, 15) is 0 Å². The highest BCUT2D eigenvalue weighted by Crippen LogP contribution is 2.39. The molecule has 0 aromatic rings. The van der Waals surface area contributed by atoms with Crippen LogP contribution < -0.4 is 0 Å². The van der Waals surface area contributed by atoms with E-state index in [1.165, 1.54) is 92.1 Å². The third-order valence-corrected chi connectivity index (χ3v) is 7.53. The normalized spacial score (nSPS) is 27.0. The van der Waals surface area contributed by atoms with Crippen molar-refractivity contribution in [1.29, 1.82) is 0 Å². The van der Waals surface area contributed by atoms with Gasteiger partial charge in [0, 0.05) is 0 Å². The molecule has 20 heavy (non-hydrogen) atoms. The molecule has 2 saturated carbocycles. The van der Waals surface area contributed by atoms with Gasteiger partial charge in [-0.15, -0.1) is 8.58 Å². The van der Waals surface area contributed by atoms with E-state index in [1.54, 1.807) is 25.7 Å². The largest absolute Gasteiger partial charge is 0.116 e. The van der Waals surface area contributed by atoms with Gasteiger partial charge in [-0.3, -0.25) is 0 Å². The van der Waals surface area contributed by atoms with E-state index < -0.39 is 0 Å². The summed E-state index contributed by atoms with van der Waals surface area (Å²) in [5, 5.41) is 0. The van der Waals surface area contributed by atoms with Crippen molar-refractivity contribution >= 4 is 8.58 Å². The van der Waals surface area contributed by atoms with Crippen LogP contribution in [0.5, 0.6) is 0 Å². The first-order valence-electron chi connectivity index (χ1n) is 9.71. The molecule has 1 unspecified atom stereocenters. The Morgan fingerprint density at radius 2 is 0.600 bits per heavy atom. The molecule has 0 spiro atoms. The predicted molar refractivity (Wildman–Crippen MR) is 94.4 cm³/mol. The molecular formula is C19H37P. The highest BCUT2D eigenvalue weighted by Gasteiger charge is 2.17. The van der Waals surface area contributed by atoms with Gasteiger partial charge in [-0.25, -0.2) is 0 Å². The molecule has 0 amide bonds. The third-order valence-electron chi connectivity index (χ3n) is 5.43. The molecule has 0 nitrogen and oxygen atoms in total. The van der Waals surface area contributed by atoms with E-state index in [0.717, 1.165) is 11.3 Å². The van der Waals surface area contributed by atoms with Crippen molar-refractivity contribution < 1.29 is 0 Å². The standard InChI is InChI=1S/C19H37P/c1-2-4-7-11-15-18(14-10-6-3-1)20-19-16-12-8-5-9-13-17-19/h18-20H,1-17H2. The molecule has 2 aliphatic rings. The summed E-state index contributed by atoms with van der Waals surface area (Å²) < 4.78 is 0. The fourth-order valence-corrected chi connectivity index (χ4v) is 6.26. The maximum atomic E-state index is 1.56. The molecule has 0 radical (unpaired) electrons. The highest BCUT2D eigenvalue weighted by molar-refractivity contribution is 7.39. The summed E-state index contributed by atoms with van der Waals surface area (Å²) >= 11 is 0. The monoisotopic (exact) mass is 296 g/mol. The maximum Gasteiger partial charge on any atom is -0.0234 e. The second-order valence-corrected chi connectivity index (χ2v) is 9.28. The van der Waals surface area contributed by atoms with Gasteiger partial charge < -0.3 is 0 Å². The Labute approximate surface area is 129 Å². The zero-order chi connectivity index (χ0) is 13.9. The zero-order valence-corrected chi connectivity index (χ0v) is 14.7. The lowest BCUT2D eigenvalue weighted by Crippen LogP contribution is -2.11. The van der Waals surface area contributed by atoms with Crippen LogP contribution in [-0.2, 0) is 0 Å².